The van der Waals surface area contributed by atoms with Gasteiger partial charge in [0, 0.05) is 25.9 Å². The fraction of sp³-hybridized carbons (Fsp3) is 1.00. The molecule has 1 fully saturated rings. The molecule has 1 aliphatic rings. The van der Waals surface area contributed by atoms with Gasteiger partial charge in [-0.15, -0.1) is 0 Å². The molecular formula is C12H23F2N. The molecule has 1 nitrogen and oxygen atoms in total. The molecule has 1 saturated heterocycles. The van der Waals surface area contributed by atoms with Gasteiger partial charge in [-0.05, 0) is 13.0 Å². The van der Waals surface area contributed by atoms with Gasteiger partial charge in [-0.3, -0.25) is 0 Å². The number of rotatable bonds is 6. The van der Waals surface area contributed by atoms with Gasteiger partial charge in [0.15, 0.2) is 0 Å². The van der Waals surface area contributed by atoms with Crippen LogP contribution in [-0.2, 0) is 0 Å². The van der Waals surface area contributed by atoms with E-state index in [1.807, 2.05) is 0 Å². The highest BCUT2D eigenvalue weighted by Gasteiger charge is 2.33. The van der Waals surface area contributed by atoms with Gasteiger partial charge >= 0.3 is 0 Å². The Bertz CT molecular complexity index is 161. The molecule has 1 heterocycles. The van der Waals surface area contributed by atoms with Crippen LogP contribution in [0.5, 0.6) is 0 Å². The summed E-state index contributed by atoms with van der Waals surface area (Å²) in [5.74, 6) is -2.39. The first-order valence-electron chi connectivity index (χ1n) is 6.24. The number of likely N-dealkylation sites (tertiary alicyclic amines) is 1. The molecule has 0 amide bonds. The van der Waals surface area contributed by atoms with E-state index in [1.54, 1.807) is 0 Å². The van der Waals surface area contributed by atoms with E-state index in [1.165, 1.54) is 32.1 Å². The Balaban J connectivity index is 1.99. The van der Waals surface area contributed by atoms with Crippen molar-refractivity contribution in [2.75, 3.05) is 19.6 Å². The van der Waals surface area contributed by atoms with Gasteiger partial charge in [-0.2, -0.15) is 0 Å². The van der Waals surface area contributed by atoms with E-state index in [4.69, 9.17) is 0 Å². The molecular weight excluding hydrogens is 196 g/mol. The van der Waals surface area contributed by atoms with Crippen LogP contribution in [0.25, 0.3) is 0 Å². The molecule has 0 aromatic rings. The van der Waals surface area contributed by atoms with Crippen LogP contribution in [0.1, 0.15) is 51.9 Å². The number of alkyl halides is 2. The van der Waals surface area contributed by atoms with E-state index >= 15 is 0 Å². The number of halogens is 2. The van der Waals surface area contributed by atoms with Crippen molar-refractivity contribution < 1.29 is 8.78 Å². The molecule has 90 valence electrons. The summed E-state index contributed by atoms with van der Waals surface area (Å²) in [6, 6.07) is 0. The van der Waals surface area contributed by atoms with Crippen molar-refractivity contribution in [3.8, 4) is 0 Å². The third kappa shape index (κ3) is 5.45. The van der Waals surface area contributed by atoms with Gasteiger partial charge in [0.05, 0.1) is 0 Å². The smallest absolute Gasteiger partial charge is 0.250 e. The third-order valence-electron chi connectivity index (χ3n) is 3.17. The maximum Gasteiger partial charge on any atom is 0.250 e. The van der Waals surface area contributed by atoms with Gasteiger partial charge in [0.25, 0.3) is 5.92 Å². The van der Waals surface area contributed by atoms with E-state index in [9.17, 15) is 8.78 Å². The number of nitrogens with zero attached hydrogens (tertiary/aromatic N) is 1. The van der Waals surface area contributed by atoms with Crippen molar-refractivity contribution in [1.29, 1.82) is 0 Å². The summed E-state index contributed by atoms with van der Waals surface area (Å²) >= 11 is 0. The lowest BCUT2D eigenvalue weighted by Crippen LogP contribution is -2.39. The minimum atomic E-state index is -2.39. The molecule has 3 heteroatoms. The van der Waals surface area contributed by atoms with Crippen LogP contribution in [0.2, 0.25) is 0 Å². The molecule has 0 atom stereocenters. The largest absolute Gasteiger partial charge is 0.303 e. The van der Waals surface area contributed by atoms with E-state index in [2.05, 4.69) is 11.8 Å². The average molecular weight is 219 g/mol. The van der Waals surface area contributed by atoms with Crippen LogP contribution in [-0.4, -0.2) is 30.5 Å². The molecule has 0 radical (unpaired) electrons. The Labute approximate surface area is 91.8 Å². The fourth-order valence-electron chi connectivity index (χ4n) is 2.04. The lowest BCUT2D eigenvalue weighted by Gasteiger charge is -2.31. The Morgan fingerprint density at radius 3 is 2.20 bits per heavy atom. The van der Waals surface area contributed by atoms with Crippen LogP contribution >= 0.6 is 0 Å². The van der Waals surface area contributed by atoms with Crippen molar-refractivity contribution in [3.05, 3.63) is 0 Å². The van der Waals surface area contributed by atoms with Crippen molar-refractivity contribution in [3.63, 3.8) is 0 Å². The van der Waals surface area contributed by atoms with Crippen molar-refractivity contribution in [1.82, 2.24) is 4.90 Å². The third-order valence-corrected chi connectivity index (χ3v) is 3.17. The molecule has 0 aromatic carbocycles. The second-order valence-electron chi connectivity index (χ2n) is 4.61. The molecule has 0 unspecified atom stereocenters. The molecule has 0 bridgehead atoms. The predicted octanol–water partition coefficient (Wildman–Crippen LogP) is 3.69. The minimum absolute atomic E-state index is 0.0575. The molecule has 1 rings (SSSR count). The summed E-state index contributed by atoms with van der Waals surface area (Å²) in [7, 11) is 0. The van der Waals surface area contributed by atoms with Crippen molar-refractivity contribution in [2.24, 2.45) is 0 Å². The molecule has 15 heavy (non-hydrogen) atoms. The molecule has 0 N–H and O–H groups in total. The highest BCUT2D eigenvalue weighted by atomic mass is 19.3. The molecule has 0 saturated carbocycles. The lowest BCUT2D eigenvalue weighted by atomic mass is 10.1. The van der Waals surface area contributed by atoms with Crippen LogP contribution in [0.15, 0.2) is 0 Å². The highest BCUT2D eigenvalue weighted by Crippen LogP contribution is 2.27. The van der Waals surface area contributed by atoms with Gasteiger partial charge in [-0.25, -0.2) is 8.78 Å². The van der Waals surface area contributed by atoms with Gasteiger partial charge in [0.1, 0.15) is 0 Å². The first-order valence-corrected chi connectivity index (χ1v) is 6.24. The van der Waals surface area contributed by atoms with Crippen LogP contribution in [0.4, 0.5) is 8.78 Å². The standard InChI is InChI=1S/C12H23F2N/c1-2-3-4-5-6-9-15-10-7-12(13,14)8-11-15/h2-11H2,1H3. The quantitative estimate of drug-likeness (QED) is 0.616. The minimum Gasteiger partial charge on any atom is -0.303 e. The summed E-state index contributed by atoms with van der Waals surface area (Å²) in [5, 5.41) is 0. The van der Waals surface area contributed by atoms with Crippen LogP contribution in [0, 0.1) is 0 Å². The fourth-order valence-corrected chi connectivity index (χ4v) is 2.04. The first kappa shape index (κ1) is 12.9. The number of unbranched alkanes of at least 4 members (excludes halogenated alkanes) is 4. The second kappa shape index (κ2) is 6.41. The first-order chi connectivity index (χ1) is 7.14. The lowest BCUT2D eigenvalue weighted by molar-refractivity contribution is -0.0552. The zero-order valence-electron chi connectivity index (χ0n) is 9.77. The maximum absolute atomic E-state index is 12.8. The average Bonchev–Trinajstić information content (AvgIpc) is 2.20. The Hall–Kier alpha value is -0.180. The Kier molecular flexibility index (Phi) is 5.51. The second-order valence-corrected chi connectivity index (χ2v) is 4.61. The summed E-state index contributed by atoms with van der Waals surface area (Å²) in [6.07, 6.45) is 6.39. The SMILES string of the molecule is CCCCCCCN1CCC(F)(F)CC1. The summed E-state index contributed by atoms with van der Waals surface area (Å²) < 4.78 is 25.7. The molecule has 0 aliphatic carbocycles. The predicted molar refractivity (Wildman–Crippen MR) is 59.4 cm³/mol. The van der Waals surface area contributed by atoms with Crippen LogP contribution < -0.4 is 0 Å². The normalized spacial score (nSPS) is 21.8. The maximum atomic E-state index is 12.8. The number of hydrogen-bond acceptors (Lipinski definition) is 1. The monoisotopic (exact) mass is 219 g/mol. The van der Waals surface area contributed by atoms with E-state index < -0.39 is 5.92 Å². The number of hydrogen-bond donors (Lipinski definition) is 0. The van der Waals surface area contributed by atoms with Crippen LogP contribution in [0.3, 0.4) is 0 Å². The summed E-state index contributed by atoms with van der Waals surface area (Å²) in [6.45, 7) is 4.38. The van der Waals surface area contributed by atoms with E-state index in [-0.39, 0.29) is 12.8 Å². The topological polar surface area (TPSA) is 3.24 Å². The van der Waals surface area contributed by atoms with Crippen molar-refractivity contribution >= 4 is 0 Å². The Morgan fingerprint density at radius 1 is 1.00 bits per heavy atom. The summed E-state index contributed by atoms with van der Waals surface area (Å²) in [5.41, 5.74) is 0. The highest BCUT2D eigenvalue weighted by molar-refractivity contribution is 4.77. The van der Waals surface area contributed by atoms with Gasteiger partial charge < -0.3 is 4.90 Å². The molecule has 0 spiro atoms. The zero-order valence-corrected chi connectivity index (χ0v) is 9.77. The molecule has 1 aliphatic heterocycles. The number of piperidine rings is 1. The Morgan fingerprint density at radius 2 is 1.60 bits per heavy atom. The van der Waals surface area contributed by atoms with Gasteiger partial charge in [0.2, 0.25) is 0 Å². The zero-order chi connectivity index (χ0) is 11.1. The van der Waals surface area contributed by atoms with E-state index in [0.29, 0.717) is 13.1 Å². The van der Waals surface area contributed by atoms with Gasteiger partial charge in [-0.1, -0.05) is 32.6 Å². The summed E-state index contributed by atoms with van der Waals surface area (Å²) in [4.78, 5) is 2.18. The van der Waals surface area contributed by atoms with E-state index in [0.717, 1.165) is 6.54 Å². The van der Waals surface area contributed by atoms with Crippen molar-refractivity contribution in [2.45, 2.75) is 57.8 Å². The molecule has 0 aromatic heterocycles.